The van der Waals surface area contributed by atoms with Crippen molar-refractivity contribution in [1.29, 1.82) is 0 Å². The number of esters is 1. The highest BCUT2D eigenvalue weighted by molar-refractivity contribution is 7.80. The Morgan fingerprint density at radius 2 is 1.56 bits per heavy atom. The molecule has 0 unspecified atom stereocenters. The minimum absolute atomic E-state index is 0.0635. The number of nitro groups is 2. The molecule has 0 bridgehead atoms. The highest BCUT2D eigenvalue weighted by atomic mass is 32.1. The first-order valence-corrected chi connectivity index (χ1v) is 10.3. The molecule has 0 atom stereocenters. The molecule has 0 radical (unpaired) electrons. The number of carbonyl (C=O) groups excluding carboxylic acids is 1. The number of hydrogen-bond acceptors (Lipinski definition) is 8. The number of methoxy groups -OCH3 is 1. The standard InChI is InChI=1S/C21H21N3O7S/c1-13-16(23(26)27)10-15(11-17(13)24(28)29)21(25)31-18-7-6-14(12-19(18)30-2)20(32)22-8-4-3-5-9-22/h6-7,10-12H,3-5,8-9H2,1-2H3. The molecule has 0 N–H and O–H groups in total. The van der Waals surface area contributed by atoms with Crippen LogP contribution in [0.2, 0.25) is 0 Å². The Morgan fingerprint density at radius 1 is 0.969 bits per heavy atom. The lowest BCUT2D eigenvalue weighted by molar-refractivity contribution is -0.395. The minimum Gasteiger partial charge on any atom is -0.493 e. The topological polar surface area (TPSA) is 125 Å². The van der Waals surface area contributed by atoms with E-state index in [0.717, 1.165) is 43.6 Å². The Kier molecular flexibility index (Phi) is 6.98. The Bertz CT molecular complexity index is 1060. The molecule has 1 aliphatic heterocycles. The lowest BCUT2D eigenvalue weighted by Gasteiger charge is -2.29. The van der Waals surface area contributed by atoms with Crippen molar-refractivity contribution in [3.05, 3.63) is 67.3 Å². The van der Waals surface area contributed by atoms with E-state index in [9.17, 15) is 25.0 Å². The Hall–Kier alpha value is -3.60. The maximum atomic E-state index is 12.7. The first-order valence-electron chi connectivity index (χ1n) is 9.86. The van der Waals surface area contributed by atoms with Crippen LogP contribution in [0.1, 0.15) is 40.7 Å². The van der Waals surface area contributed by atoms with Gasteiger partial charge in [0, 0.05) is 30.8 Å². The van der Waals surface area contributed by atoms with Gasteiger partial charge in [0.15, 0.2) is 11.5 Å². The van der Waals surface area contributed by atoms with Crippen molar-refractivity contribution >= 4 is 34.6 Å². The molecule has 0 aromatic heterocycles. The van der Waals surface area contributed by atoms with Gasteiger partial charge in [-0.25, -0.2) is 4.79 Å². The summed E-state index contributed by atoms with van der Waals surface area (Å²) in [4.78, 5) is 36.4. The SMILES string of the molecule is COc1cc(C(=S)N2CCCCC2)ccc1OC(=O)c1cc([N+](=O)[O-])c(C)c([N+](=O)[O-])c1. The van der Waals surface area contributed by atoms with Crippen LogP contribution in [-0.4, -0.2) is 45.9 Å². The van der Waals surface area contributed by atoms with Crippen LogP contribution in [0.25, 0.3) is 0 Å². The molecule has 32 heavy (non-hydrogen) atoms. The Morgan fingerprint density at radius 3 is 2.09 bits per heavy atom. The predicted octanol–water partition coefficient (Wildman–Crippen LogP) is 4.20. The molecule has 10 nitrogen and oxygen atoms in total. The van der Waals surface area contributed by atoms with E-state index in [1.165, 1.54) is 26.5 Å². The number of piperidine rings is 1. The molecule has 0 aliphatic carbocycles. The largest absolute Gasteiger partial charge is 0.493 e. The average Bonchev–Trinajstić information content (AvgIpc) is 2.79. The van der Waals surface area contributed by atoms with Crippen LogP contribution in [0.5, 0.6) is 11.5 Å². The molecule has 2 aromatic carbocycles. The number of nitrogens with zero attached hydrogens (tertiary/aromatic N) is 3. The molecule has 1 aliphatic rings. The summed E-state index contributed by atoms with van der Waals surface area (Å²) in [7, 11) is 1.40. The fourth-order valence-corrected chi connectivity index (χ4v) is 3.81. The van der Waals surface area contributed by atoms with E-state index in [2.05, 4.69) is 4.90 Å². The van der Waals surface area contributed by atoms with Crippen molar-refractivity contribution in [3.8, 4) is 11.5 Å². The molecule has 0 saturated carbocycles. The van der Waals surface area contributed by atoms with Gasteiger partial charge in [0.1, 0.15) is 10.6 Å². The summed E-state index contributed by atoms with van der Waals surface area (Å²) in [6.45, 7) is 3.00. The van der Waals surface area contributed by atoms with Gasteiger partial charge < -0.3 is 14.4 Å². The monoisotopic (exact) mass is 459 g/mol. The smallest absolute Gasteiger partial charge is 0.344 e. The molecular weight excluding hydrogens is 438 g/mol. The molecule has 1 fully saturated rings. The summed E-state index contributed by atoms with van der Waals surface area (Å²) in [5.74, 6) is -0.680. The van der Waals surface area contributed by atoms with Gasteiger partial charge >= 0.3 is 5.97 Å². The molecule has 1 heterocycles. The van der Waals surface area contributed by atoms with Gasteiger partial charge in [-0.05, 0) is 44.4 Å². The van der Waals surface area contributed by atoms with Gasteiger partial charge in [-0.15, -0.1) is 0 Å². The predicted molar refractivity (Wildman–Crippen MR) is 120 cm³/mol. The van der Waals surface area contributed by atoms with Gasteiger partial charge in [-0.1, -0.05) is 12.2 Å². The number of ether oxygens (including phenoxy) is 2. The number of carbonyl (C=O) groups is 1. The third kappa shape index (κ3) is 4.83. The van der Waals surface area contributed by atoms with Crippen LogP contribution >= 0.6 is 12.2 Å². The summed E-state index contributed by atoms with van der Waals surface area (Å²) >= 11 is 5.58. The number of rotatable bonds is 6. The van der Waals surface area contributed by atoms with Crippen molar-refractivity contribution < 1.29 is 24.1 Å². The molecule has 3 rings (SSSR count). The Labute approximate surface area is 189 Å². The van der Waals surface area contributed by atoms with Crippen LogP contribution < -0.4 is 9.47 Å². The first-order chi connectivity index (χ1) is 15.2. The quantitative estimate of drug-likeness (QED) is 0.205. The summed E-state index contributed by atoms with van der Waals surface area (Å²) in [5, 5.41) is 22.5. The third-order valence-electron chi connectivity index (χ3n) is 5.24. The molecular formula is C21H21N3O7S. The highest BCUT2D eigenvalue weighted by Gasteiger charge is 2.27. The lowest BCUT2D eigenvalue weighted by atomic mass is 10.1. The summed E-state index contributed by atoms with van der Waals surface area (Å²) < 4.78 is 10.7. The van der Waals surface area contributed by atoms with Gasteiger partial charge in [-0.3, -0.25) is 20.2 Å². The van der Waals surface area contributed by atoms with E-state index in [0.29, 0.717) is 4.99 Å². The van der Waals surface area contributed by atoms with Crippen molar-refractivity contribution in [2.45, 2.75) is 26.2 Å². The van der Waals surface area contributed by atoms with E-state index < -0.39 is 27.2 Å². The number of likely N-dealkylation sites (tertiary alicyclic amines) is 1. The molecule has 0 amide bonds. The maximum absolute atomic E-state index is 12.7. The van der Waals surface area contributed by atoms with Gasteiger partial charge in [-0.2, -0.15) is 0 Å². The van der Waals surface area contributed by atoms with E-state index in [1.807, 2.05) is 0 Å². The van der Waals surface area contributed by atoms with E-state index >= 15 is 0 Å². The molecule has 11 heteroatoms. The number of benzene rings is 2. The van der Waals surface area contributed by atoms with Crippen LogP contribution in [-0.2, 0) is 0 Å². The van der Waals surface area contributed by atoms with Crippen LogP contribution in [0.3, 0.4) is 0 Å². The van der Waals surface area contributed by atoms with Crippen LogP contribution in [0.15, 0.2) is 30.3 Å². The minimum atomic E-state index is -0.985. The number of thiocarbonyl (C=S) groups is 1. The second kappa shape index (κ2) is 9.69. The highest BCUT2D eigenvalue weighted by Crippen LogP contribution is 2.33. The average molecular weight is 459 g/mol. The summed E-state index contributed by atoms with van der Waals surface area (Å²) in [6, 6.07) is 6.77. The zero-order valence-electron chi connectivity index (χ0n) is 17.5. The van der Waals surface area contributed by atoms with E-state index in [1.54, 1.807) is 12.1 Å². The summed E-state index contributed by atoms with van der Waals surface area (Å²) in [6.07, 6.45) is 3.32. The second-order valence-corrected chi connectivity index (χ2v) is 7.65. The molecule has 1 saturated heterocycles. The third-order valence-corrected chi connectivity index (χ3v) is 5.73. The normalized spacial score (nSPS) is 13.4. The van der Waals surface area contributed by atoms with Gasteiger partial charge in [0.25, 0.3) is 11.4 Å². The van der Waals surface area contributed by atoms with Crippen molar-refractivity contribution in [3.63, 3.8) is 0 Å². The maximum Gasteiger partial charge on any atom is 0.344 e. The fourth-order valence-electron chi connectivity index (χ4n) is 3.50. The van der Waals surface area contributed by atoms with Gasteiger partial charge in [0.2, 0.25) is 0 Å². The molecule has 0 spiro atoms. The zero-order valence-corrected chi connectivity index (χ0v) is 18.3. The van der Waals surface area contributed by atoms with E-state index in [4.69, 9.17) is 21.7 Å². The van der Waals surface area contributed by atoms with Crippen molar-refractivity contribution in [1.82, 2.24) is 4.90 Å². The first kappa shape index (κ1) is 23.1. The Balaban J connectivity index is 1.88. The van der Waals surface area contributed by atoms with Crippen LogP contribution in [0.4, 0.5) is 11.4 Å². The summed E-state index contributed by atoms with van der Waals surface area (Å²) in [5.41, 5.74) is -0.811. The fraction of sp³-hybridized carbons (Fsp3) is 0.333. The second-order valence-electron chi connectivity index (χ2n) is 7.26. The van der Waals surface area contributed by atoms with Crippen molar-refractivity contribution in [2.75, 3.05) is 20.2 Å². The van der Waals surface area contributed by atoms with Gasteiger partial charge in [0.05, 0.1) is 22.5 Å². The molecule has 168 valence electrons. The lowest BCUT2D eigenvalue weighted by Crippen LogP contribution is -2.34. The van der Waals surface area contributed by atoms with Crippen molar-refractivity contribution in [2.24, 2.45) is 0 Å². The van der Waals surface area contributed by atoms with E-state index in [-0.39, 0.29) is 22.6 Å². The van der Waals surface area contributed by atoms with Crippen LogP contribution in [0, 0.1) is 27.2 Å². The molecule has 2 aromatic rings. The number of hydrogen-bond donors (Lipinski definition) is 0. The zero-order chi connectivity index (χ0) is 23.4. The number of nitro benzene ring substituents is 2.